The van der Waals surface area contributed by atoms with Crippen molar-refractivity contribution in [2.24, 2.45) is 5.73 Å². The SMILES string of the molecule is CC(C)(C)N(C(=O)[O-])[C@@H](Cc1ccccc1)[C@H](O)CNC[C@@H](O)[C@@H](N)Cc1ccccc1. The van der Waals surface area contributed by atoms with Gasteiger partial charge >= 0.3 is 0 Å². The van der Waals surface area contributed by atoms with Crippen molar-refractivity contribution in [1.82, 2.24) is 10.2 Å². The molecule has 176 valence electrons. The molecule has 0 saturated carbocycles. The normalized spacial score (nSPS) is 15.6. The largest absolute Gasteiger partial charge is 0.530 e. The fraction of sp³-hybridized carbons (Fsp3) is 0.480. The standard InChI is InChI=1S/C25H37N3O4/c1-25(2,3)28(24(31)32)21(15-19-12-8-5-9-13-19)23(30)17-27-16-22(29)20(26)14-18-10-6-4-7-11-18/h4-13,20-23,27,29-30H,14-17,26H2,1-3H3,(H,31,32)/p-1/t20-,21-,22+,23+/m0/s1. The van der Waals surface area contributed by atoms with Gasteiger partial charge in [0.15, 0.2) is 0 Å². The lowest BCUT2D eigenvalue weighted by atomic mass is 9.94. The first-order chi connectivity index (χ1) is 15.1. The molecule has 2 aromatic rings. The number of hydrogen-bond donors (Lipinski definition) is 4. The van der Waals surface area contributed by atoms with Gasteiger partial charge in [-0.15, -0.1) is 0 Å². The molecule has 0 aromatic heterocycles. The van der Waals surface area contributed by atoms with Crippen LogP contribution < -0.4 is 16.2 Å². The lowest BCUT2D eigenvalue weighted by Gasteiger charge is -2.45. The average Bonchev–Trinajstić information content (AvgIpc) is 2.73. The second kappa shape index (κ2) is 12.0. The van der Waals surface area contributed by atoms with Crippen LogP contribution in [-0.4, -0.2) is 64.1 Å². The number of aliphatic hydroxyl groups is 2. The molecule has 0 aliphatic rings. The molecule has 0 aliphatic heterocycles. The summed E-state index contributed by atoms with van der Waals surface area (Å²) < 4.78 is 0. The number of carboxylic acid groups (broad SMARTS) is 1. The van der Waals surface area contributed by atoms with E-state index in [4.69, 9.17) is 5.73 Å². The van der Waals surface area contributed by atoms with Crippen molar-refractivity contribution < 1.29 is 20.1 Å². The van der Waals surface area contributed by atoms with Crippen molar-refractivity contribution in [1.29, 1.82) is 0 Å². The summed E-state index contributed by atoms with van der Waals surface area (Å²) in [4.78, 5) is 13.2. The van der Waals surface area contributed by atoms with Crippen LogP contribution in [0.4, 0.5) is 4.79 Å². The molecule has 0 aliphatic carbocycles. The second-order valence-corrected chi connectivity index (χ2v) is 9.21. The smallest absolute Gasteiger partial charge is 0.137 e. The summed E-state index contributed by atoms with van der Waals surface area (Å²) in [6, 6.07) is 17.9. The number of aliphatic hydroxyl groups excluding tert-OH is 2. The molecule has 0 radical (unpaired) electrons. The van der Waals surface area contributed by atoms with Gasteiger partial charge in [0, 0.05) is 24.7 Å². The Morgan fingerprint density at radius 1 is 0.938 bits per heavy atom. The molecule has 4 atom stereocenters. The Kier molecular flexibility index (Phi) is 9.65. The average molecular weight is 443 g/mol. The highest BCUT2D eigenvalue weighted by atomic mass is 16.4. The fourth-order valence-corrected chi connectivity index (χ4v) is 3.85. The first-order valence-electron chi connectivity index (χ1n) is 11.0. The van der Waals surface area contributed by atoms with Gasteiger partial charge in [-0.05, 0) is 44.7 Å². The molecule has 32 heavy (non-hydrogen) atoms. The minimum absolute atomic E-state index is 0.104. The molecule has 0 heterocycles. The number of rotatable bonds is 11. The third-order valence-corrected chi connectivity index (χ3v) is 5.50. The lowest BCUT2D eigenvalue weighted by Crippen LogP contribution is -2.61. The molecular formula is C25H36N3O4-. The summed E-state index contributed by atoms with van der Waals surface area (Å²) >= 11 is 0. The maximum atomic E-state index is 12.0. The lowest BCUT2D eigenvalue weighted by molar-refractivity contribution is -0.275. The highest BCUT2D eigenvalue weighted by Crippen LogP contribution is 2.22. The van der Waals surface area contributed by atoms with Crippen molar-refractivity contribution in [3.05, 3.63) is 71.8 Å². The van der Waals surface area contributed by atoms with Crippen LogP contribution in [0.1, 0.15) is 31.9 Å². The summed E-state index contributed by atoms with van der Waals surface area (Å²) in [7, 11) is 0. The van der Waals surface area contributed by atoms with Crippen molar-refractivity contribution in [3.63, 3.8) is 0 Å². The van der Waals surface area contributed by atoms with Crippen molar-refractivity contribution >= 4 is 6.09 Å². The van der Waals surface area contributed by atoms with E-state index in [1.165, 1.54) is 4.90 Å². The quantitative estimate of drug-likeness (QED) is 0.411. The van der Waals surface area contributed by atoms with Gasteiger partial charge < -0.3 is 36.1 Å². The van der Waals surface area contributed by atoms with Crippen molar-refractivity contribution in [3.8, 4) is 0 Å². The Bertz CT molecular complexity index is 811. The summed E-state index contributed by atoms with van der Waals surface area (Å²) in [5.74, 6) is 0. The Labute approximate surface area is 190 Å². The zero-order valence-corrected chi connectivity index (χ0v) is 19.1. The topological polar surface area (TPSA) is 122 Å². The van der Waals surface area contributed by atoms with Gasteiger partial charge in [0.1, 0.15) is 6.09 Å². The minimum Gasteiger partial charge on any atom is -0.530 e. The van der Waals surface area contributed by atoms with E-state index in [9.17, 15) is 20.1 Å². The molecule has 1 amide bonds. The highest BCUT2D eigenvalue weighted by molar-refractivity contribution is 5.64. The minimum atomic E-state index is -1.33. The number of carbonyl (C=O) groups excluding carboxylic acids is 1. The van der Waals surface area contributed by atoms with Gasteiger partial charge in [-0.2, -0.15) is 0 Å². The molecular weight excluding hydrogens is 406 g/mol. The van der Waals surface area contributed by atoms with Gasteiger partial charge in [0.25, 0.3) is 0 Å². The number of hydrogen-bond acceptors (Lipinski definition) is 6. The van der Waals surface area contributed by atoms with Gasteiger partial charge in [-0.1, -0.05) is 60.7 Å². The Morgan fingerprint density at radius 3 is 1.88 bits per heavy atom. The molecule has 7 heteroatoms. The highest BCUT2D eigenvalue weighted by Gasteiger charge is 2.33. The van der Waals surface area contributed by atoms with Crippen molar-refractivity contribution in [2.45, 2.75) is 63.4 Å². The first-order valence-corrected chi connectivity index (χ1v) is 11.0. The number of nitrogens with zero attached hydrogens (tertiary/aromatic N) is 1. The number of benzene rings is 2. The molecule has 7 nitrogen and oxygen atoms in total. The zero-order valence-electron chi connectivity index (χ0n) is 19.1. The number of amides is 1. The second-order valence-electron chi connectivity index (χ2n) is 9.21. The van der Waals surface area contributed by atoms with Gasteiger partial charge in [0.2, 0.25) is 0 Å². The fourth-order valence-electron chi connectivity index (χ4n) is 3.85. The summed E-state index contributed by atoms with van der Waals surface area (Å²) in [6.45, 7) is 5.60. The van der Waals surface area contributed by atoms with E-state index in [-0.39, 0.29) is 13.1 Å². The van der Waals surface area contributed by atoms with Crippen LogP contribution in [0, 0.1) is 0 Å². The molecule has 0 fully saturated rings. The van der Waals surface area contributed by atoms with E-state index < -0.39 is 35.9 Å². The molecule has 2 rings (SSSR count). The maximum Gasteiger partial charge on any atom is 0.137 e. The molecule has 5 N–H and O–H groups in total. The summed E-state index contributed by atoms with van der Waals surface area (Å²) in [5, 5.41) is 36.3. The van der Waals surface area contributed by atoms with Gasteiger partial charge in [0.05, 0.1) is 18.2 Å². The monoisotopic (exact) mass is 442 g/mol. The third-order valence-electron chi connectivity index (χ3n) is 5.50. The van der Waals surface area contributed by atoms with E-state index >= 15 is 0 Å². The third kappa shape index (κ3) is 7.91. The van der Waals surface area contributed by atoms with Gasteiger partial charge in [-0.3, -0.25) is 0 Å². The predicted molar refractivity (Wildman–Crippen MR) is 124 cm³/mol. The Hall–Kier alpha value is -2.45. The van der Waals surface area contributed by atoms with Crippen LogP contribution in [0.3, 0.4) is 0 Å². The summed E-state index contributed by atoms with van der Waals surface area (Å²) in [6.07, 6.45) is -2.28. The van der Waals surface area contributed by atoms with Crippen LogP contribution >= 0.6 is 0 Å². The van der Waals surface area contributed by atoms with E-state index in [1.54, 1.807) is 20.8 Å². The molecule has 0 unspecified atom stereocenters. The Morgan fingerprint density at radius 2 is 1.41 bits per heavy atom. The van der Waals surface area contributed by atoms with Gasteiger partial charge in [-0.25, -0.2) is 0 Å². The van der Waals surface area contributed by atoms with Crippen molar-refractivity contribution in [2.75, 3.05) is 13.1 Å². The number of carbonyl (C=O) groups is 1. The predicted octanol–water partition coefficient (Wildman–Crippen LogP) is 0.923. The van der Waals surface area contributed by atoms with E-state index in [2.05, 4.69) is 5.32 Å². The molecule has 0 saturated heterocycles. The van der Waals surface area contributed by atoms with Crippen LogP contribution in [0.25, 0.3) is 0 Å². The molecule has 0 bridgehead atoms. The Balaban J connectivity index is 2.00. The van der Waals surface area contributed by atoms with Crippen LogP contribution in [0.15, 0.2) is 60.7 Å². The number of nitrogens with two attached hydrogens (primary N) is 1. The van der Waals surface area contributed by atoms with E-state index in [0.29, 0.717) is 12.8 Å². The molecule has 2 aromatic carbocycles. The maximum absolute atomic E-state index is 12.0. The zero-order chi connectivity index (χ0) is 23.7. The van der Waals surface area contributed by atoms with E-state index in [1.807, 2.05) is 60.7 Å². The van der Waals surface area contributed by atoms with Crippen LogP contribution in [-0.2, 0) is 12.8 Å². The van der Waals surface area contributed by atoms with Crippen LogP contribution in [0.2, 0.25) is 0 Å². The summed E-state index contributed by atoms with van der Waals surface area (Å²) in [5.41, 5.74) is 7.33. The van der Waals surface area contributed by atoms with Crippen LogP contribution in [0.5, 0.6) is 0 Å². The first kappa shape index (κ1) is 25.8. The van der Waals surface area contributed by atoms with E-state index in [0.717, 1.165) is 11.1 Å². The molecule has 0 spiro atoms. The number of nitrogens with one attached hydrogen (secondary N) is 1.